The Morgan fingerprint density at radius 1 is 1.45 bits per heavy atom. The smallest absolute Gasteiger partial charge is 0.336 e. The monoisotopic (exact) mass is 330 g/mol. The lowest BCUT2D eigenvalue weighted by Gasteiger charge is -2.14. The number of aromatic carboxylic acids is 1. The summed E-state index contributed by atoms with van der Waals surface area (Å²) in [7, 11) is -2.57. The van der Waals surface area contributed by atoms with Crippen LogP contribution in [0.25, 0.3) is 0 Å². The van der Waals surface area contributed by atoms with Crippen molar-refractivity contribution in [2.75, 3.05) is 13.6 Å². The van der Waals surface area contributed by atoms with Gasteiger partial charge in [-0.25, -0.2) is 22.3 Å². The molecule has 1 heterocycles. The molecule has 22 heavy (non-hydrogen) atoms. The van der Waals surface area contributed by atoms with Crippen molar-refractivity contribution >= 4 is 21.9 Å². The molecular formula is C13H15FN2O5S. The quantitative estimate of drug-likeness (QED) is 0.828. The van der Waals surface area contributed by atoms with Crippen LogP contribution in [0.1, 0.15) is 22.3 Å². The van der Waals surface area contributed by atoms with Crippen LogP contribution in [0.2, 0.25) is 0 Å². The first kappa shape index (κ1) is 16.4. The Bertz CT molecular complexity index is 747. The van der Waals surface area contributed by atoms with Crippen LogP contribution in [-0.2, 0) is 14.8 Å². The first-order valence-electron chi connectivity index (χ1n) is 6.41. The number of carbonyl (C=O) groups excluding carboxylic acids is 1. The van der Waals surface area contributed by atoms with Gasteiger partial charge >= 0.3 is 5.97 Å². The molecule has 1 aromatic carbocycles. The highest BCUT2D eigenvalue weighted by atomic mass is 32.2. The van der Waals surface area contributed by atoms with Crippen LogP contribution in [0.4, 0.5) is 4.39 Å². The SMILES string of the molecule is Cc1c(F)cc(S(=O)(=O)NC2CC(=O)N(C)C2)cc1C(=O)O. The van der Waals surface area contributed by atoms with E-state index in [-0.39, 0.29) is 24.4 Å². The van der Waals surface area contributed by atoms with Crippen molar-refractivity contribution in [2.45, 2.75) is 24.3 Å². The Morgan fingerprint density at radius 2 is 2.09 bits per heavy atom. The fourth-order valence-electron chi connectivity index (χ4n) is 2.26. The number of amides is 1. The average molecular weight is 330 g/mol. The zero-order valence-electron chi connectivity index (χ0n) is 12.0. The van der Waals surface area contributed by atoms with Crippen molar-refractivity contribution in [1.82, 2.24) is 9.62 Å². The van der Waals surface area contributed by atoms with Crippen LogP contribution in [0.15, 0.2) is 17.0 Å². The standard InChI is InChI=1S/C13H15FN2O5S/c1-7-10(13(18)19)4-9(5-11(7)14)22(20,21)15-8-3-12(17)16(2)6-8/h4-5,8,15H,3,6H2,1-2H3,(H,18,19). The molecule has 1 fully saturated rings. The van der Waals surface area contributed by atoms with E-state index in [9.17, 15) is 22.4 Å². The van der Waals surface area contributed by atoms with Gasteiger partial charge in [-0.1, -0.05) is 0 Å². The number of carboxylic acids is 1. The lowest BCUT2D eigenvalue weighted by Crippen LogP contribution is -2.36. The number of likely N-dealkylation sites (tertiary alicyclic amines) is 1. The molecule has 1 unspecified atom stereocenters. The minimum absolute atomic E-state index is 0.00978. The molecule has 9 heteroatoms. The van der Waals surface area contributed by atoms with Crippen LogP contribution < -0.4 is 4.72 Å². The molecule has 1 atom stereocenters. The van der Waals surface area contributed by atoms with Crippen LogP contribution in [0.3, 0.4) is 0 Å². The van der Waals surface area contributed by atoms with Gasteiger partial charge in [-0.05, 0) is 24.6 Å². The highest BCUT2D eigenvalue weighted by molar-refractivity contribution is 7.89. The molecule has 0 aromatic heterocycles. The van der Waals surface area contributed by atoms with Gasteiger partial charge in [-0.3, -0.25) is 4.79 Å². The summed E-state index contributed by atoms with van der Waals surface area (Å²) in [6.07, 6.45) is 0.00978. The third-order valence-corrected chi connectivity index (χ3v) is 5.02. The van der Waals surface area contributed by atoms with Crippen molar-refractivity contribution in [1.29, 1.82) is 0 Å². The van der Waals surface area contributed by atoms with E-state index in [2.05, 4.69) is 4.72 Å². The topological polar surface area (TPSA) is 104 Å². The van der Waals surface area contributed by atoms with Gasteiger partial charge < -0.3 is 10.0 Å². The predicted molar refractivity (Wildman–Crippen MR) is 74.5 cm³/mol. The maximum absolute atomic E-state index is 13.8. The molecule has 1 aliphatic heterocycles. The molecule has 1 saturated heterocycles. The molecule has 0 bridgehead atoms. The summed E-state index contributed by atoms with van der Waals surface area (Å²) in [5.41, 5.74) is -0.554. The summed E-state index contributed by atoms with van der Waals surface area (Å²) in [5.74, 6) is -2.53. The first-order chi connectivity index (χ1) is 10.1. The third-order valence-electron chi connectivity index (χ3n) is 3.52. The zero-order chi connectivity index (χ0) is 16.7. The maximum atomic E-state index is 13.8. The number of rotatable bonds is 4. The predicted octanol–water partition coefficient (Wildman–Crippen LogP) is 0.341. The number of sulfonamides is 1. The van der Waals surface area contributed by atoms with Gasteiger partial charge in [-0.2, -0.15) is 0 Å². The number of hydrogen-bond donors (Lipinski definition) is 2. The average Bonchev–Trinajstić information content (AvgIpc) is 2.69. The molecule has 0 radical (unpaired) electrons. The molecule has 2 rings (SSSR count). The minimum Gasteiger partial charge on any atom is -0.478 e. The number of nitrogens with one attached hydrogen (secondary N) is 1. The zero-order valence-corrected chi connectivity index (χ0v) is 12.8. The molecule has 7 nitrogen and oxygen atoms in total. The Balaban J connectivity index is 2.34. The van der Waals surface area contributed by atoms with Crippen molar-refractivity contribution in [2.24, 2.45) is 0 Å². The van der Waals surface area contributed by atoms with E-state index in [1.54, 1.807) is 7.05 Å². The normalized spacial score (nSPS) is 18.8. The fraction of sp³-hybridized carbons (Fsp3) is 0.385. The van der Waals surface area contributed by atoms with E-state index in [0.29, 0.717) is 0 Å². The lowest BCUT2D eigenvalue weighted by molar-refractivity contribution is -0.126. The molecule has 120 valence electrons. The van der Waals surface area contributed by atoms with Crippen LogP contribution >= 0.6 is 0 Å². The second kappa shape index (κ2) is 5.65. The molecule has 2 N–H and O–H groups in total. The van der Waals surface area contributed by atoms with E-state index in [1.807, 2.05) is 0 Å². The van der Waals surface area contributed by atoms with Gasteiger partial charge in [0.05, 0.1) is 10.5 Å². The van der Waals surface area contributed by atoms with E-state index in [0.717, 1.165) is 12.1 Å². The number of nitrogens with zero attached hydrogens (tertiary/aromatic N) is 1. The van der Waals surface area contributed by atoms with Gasteiger partial charge in [0, 0.05) is 26.1 Å². The van der Waals surface area contributed by atoms with E-state index < -0.39 is 38.3 Å². The molecule has 1 aliphatic rings. The summed E-state index contributed by atoms with van der Waals surface area (Å²) >= 11 is 0. The Morgan fingerprint density at radius 3 is 2.59 bits per heavy atom. The summed E-state index contributed by atoms with van der Waals surface area (Å²) in [4.78, 5) is 23.4. The lowest BCUT2D eigenvalue weighted by atomic mass is 10.1. The summed E-state index contributed by atoms with van der Waals surface area (Å²) in [5, 5.41) is 9.00. The highest BCUT2D eigenvalue weighted by Crippen LogP contribution is 2.21. The van der Waals surface area contributed by atoms with Gasteiger partial charge in [0.2, 0.25) is 15.9 Å². The summed E-state index contributed by atoms with van der Waals surface area (Å²) in [6, 6.07) is 1.05. The van der Waals surface area contributed by atoms with Gasteiger partial charge in [0.15, 0.2) is 0 Å². The molecule has 0 spiro atoms. The molecule has 1 aromatic rings. The Hall–Kier alpha value is -2.00. The number of likely N-dealkylation sites (N-methyl/N-ethyl adjacent to an activating group) is 1. The largest absolute Gasteiger partial charge is 0.478 e. The van der Waals surface area contributed by atoms with Crippen LogP contribution in [-0.4, -0.2) is 49.9 Å². The summed E-state index contributed by atoms with van der Waals surface area (Å²) in [6.45, 7) is 1.46. The fourth-order valence-corrected chi connectivity index (χ4v) is 3.53. The van der Waals surface area contributed by atoms with Crippen molar-refractivity contribution in [3.8, 4) is 0 Å². The van der Waals surface area contributed by atoms with E-state index in [1.165, 1.54) is 11.8 Å². The molecular weight excluding hydrogens is 315 g/mol. The minimum atomic E-state index is -4.12. The van der Waals surface area contributed by atoms with Crippen molar-refractivity contribution in [3.63, 3.8) is 0 Å². The number of benzene rings is 1. The van der Waals surface area contributed by atoms with Crippen LogP contribution in [0.5, 0.6) is 0 Å². The Kier molecular flexibility index (Phi) is 4.21. The second-order valence-electron chi connectivity index (χ2n) is 5.18. The number of carbonyl (C=O) groups is 2. The van der Waals surface area contributed by atoms with Crippen LogP contribution in [0, 0.1) is 12.7 Å². The molecule has 0 aliphatic carbocycles. The molecule has 1 amide bonds. The third kappa shape index (κ3) is 3.09. The second-order valence-corrected chi connectivity index (χ2v) is 6.89. The van der Waals surface area contributed by atoms with E-state index in [4.69, 9.17) is 5.11 Å². The van der Waals surface area contributed by atoms with Gasteiger partial charge in [0.1, 0.15) is 5.82 Å². The molecule has 0 saturated carbocycles. The highest BCUT2D eigenvalue weighted by Gasteiger charge is 2.31. The number of halogens is 1. The van der Waals surface area contributed by atoms with Crippen molar-refractivity contribution in [3.05, 3.63) is 29.1 Å². The summed E-state index contributed by atoms with van der Waals surface area (Å²) < 4.78 is 40.5. The van der Waals surface area contributed by atoms with Gasteiger partial charge in [0.25, 0.3) is 0 Å². The van der Waals surface area contributed by atoms with Gasteiger partial charge in [-0.15, -0.1) is 0 Å². The van der Waals surface area contributed by atoms with Crippen molar-refractivity contribution < 1.29 is 27.5 Å². The number of carboxylic acid groups (broad SMARTS) is 1. The first-order valence-corrected chi connectivity index (χ1v) is 7.90. The number of hydrogen-bond acceptors (Lipinski definition) is 4. The Labute approximate surface area is 126 Å². The van der Waals surface area contributed by atoms with E-state index >= 15 is 0 Å². The maximum Gasteiger partial charge on any atom is 0.336 e.